The third-order valence-electron chi connectivity index (χ3n) is 3.43. The zero-order valence-electron chi connectivity index (χ0n) is 11.5. The second kappa shape index (κ2) is 5.63. The van der Waals surface area contributed by atoms with Crippen molar-refractivity contribution in [1.29, 1.82) is 0 Å². The van der Waals surface area contributed by atoms with Gasteiger partial charge in [-0.15, -0.1) is 0 Å². The highest BCUT2D eigenvalue weighted by atomic mass is 32.1. The Morgan fingerprint density at radius 1 is 1.00 bits per heavy atom. The van der Waals surface area contributed by atoms with Crippen LogP contribution in [0.3, 0.4) is 0 Å². The predicted octanol–water partition coefficient (Wildman–Crippen LogP) is 2.37. The first-order valence-electron chi connectivity index (χ1n) is 6.59. The Morgan fingerprint density at radius 3 is 2.24 bits per heavy atom. The monoisotopic (exact) mass is 297 g/mol. The highest BCUT2D eigenvalue weighted by Gasteiger charge is 2.42. The summed E-state index contributed by atoms with van der Waals surface area (Å²) in [6.45, 7) is 0. The first-order valence-corrected chi connectivity index (χ1v) is 6.99. The number of ether oxygens (including phenoxy) is 1. The van der Waals surface area contributed by atoms with Crippen LogP contribution < -0.4 is 10.7 Å². The summed E-state index contributed by atoms with van der Waals surface area (Å²) in [5.41, 5.74) is 4.57. The molecule has 1 heterocycles. The van der Waals surface area contributed by atoms with Crippen LogP contribution in [0.2, 0.25) is 0 Å². The number of nitrogens with zero attached hydrogens (tertiary/aromatic N) is 1. The van der Waals surface area contributed by atoms with Crippen molar-refractivity contribution < 1.29 is 4.74 Å². The Kier molecular flexibility index (Phi) is 3.68. The third-order valence-corrected chi connectivity index (χ3v) is 3.62. The van der Waals surface area contributed by atoms with Gasteiger partial charge in [0.2, 0.25) is 5.72 Å². The van der Waals surface area contributed by atoms with Crippen molar-refractivity contribution in [1.82, 2.24) is 10.7 Å². The van der Waals surface area contributed by atoms with E-state index in [-0.39, 0.29) is 0 Å². The van der Waals surface area contributed by atoms with Gasteiger partial charge in [0.1, 0.15) is 5.71 Å². The van der Waals surface area contributed by atoms with Crippen molar-refractivity contribution in [3.63, 3.8) is 0 Å². The van der Waals surface area contributed by atoms with Crippen LogP contribution in [0.4, 0.5) is 0 Å². The lowest BCUT2D eigenvalue weighted by atomic mass is 9.92. The average molecular weight is 297 g/mol. The van der Waals surface area contributed by atoms with Gasteiger partial charge in [0.05, 0.1) is 0 Å². The fourth-order valence-electron chi connectivity index (χ4n) is 2.44. The normalized spacial score (nSPS) is 21.2. The summed E-state index contributed by atoms with van der Waals surface area (Å²) < 4.78 is 5.83. The molecule has 5 heteroatoms. The number of hydrazone groups is 1. The molecular weight excluding hydrogens is 282 g/mol. The molecule has 3 rings (SSSR count). The number of hydrogen-bond donors (Lipinski definition) is 2. The van der Waals surface area contributed by atoms with E-state index in [0.29, 0.717) is 5.11 Å². The molecule has 4 nitrogen and oxygen atoms in total. The molecule has 0 unspecified atom stereocenters. The smallest absolute Gasteiger partial charge is 0.212 e. The number of rotatable bonds is 3. The van der Waals surface area contributed by atoms with Crippen LogP contribution in [0.1, 0.15) is 11.1 Å². The molecule has 2 N–H and O–H groups in total. The molecule has 0 spiro atoms. The third kappa shape index (κ3) is 2.41. The first-order chi connectivity index (χ1) is 10.3. The number of benzene rings is 2. The minimum Gasteiger partial charge on any atom is -0.349 e. The number of nitrogens with one attached hydrogen (secondary N) is 2. The molecule has 21 heavy (non-hydrogen) atoms. The molecule has 0 amide bonds. The van der Waals surface area contributed by atoms with Crippen LogP contribution in [-0.4, -0.2) is 17.9 Å². The summed E-state index contributed by atoms with van der Waals surface area (Å²) in [5, 5.41) is 8.06. The van der Waals surface area contributed by atoms with Gasteiger partial charge in [-0.2, -0.15) is 5.10 Å². The summed E-state index contributed by atoms with van der Waals surface area (Å²) in [6.07, 6.45) is 0. The molecule has 0 aromatic heterocycles. The maximum absolute atomic E-state index is 5.83. The lowest BCUT2D eigenvalue weighted by Gasteiger charge is -2.38. The van der Waals surface area contributed by atoms with Crippen LogP contribution in [0.15, 0.2) is 65.8 Å². The van der Waals surface area contributed by atoms with Gasteiger partial charge in [-0.05, 0) is 12.2 Å². The van der Waals surface area contributed by atoms with E-state index in [4.69, 9.17) is 17.0 Å². The minimum atomic E-state index is -0.898. The van der Waals surface area contributed by atoms with Gasteiger partial charge in [-0.1, -0.05) is 60.7 Å². The standard InChI is InChI=1S/C16H15N3OS/c1-20-16(13-10-6-3-7-11-13)14(18-19-15(21)17-16)12-8-4-2-5-9-12/h2-11H,1H3,(H2,17,19,21)/t16-/m1/s1. The fourth-order valence-corrected chi connectivity index (χ4v) is 2.63. The summed E-state index contributed by atoms with van der Waals surface area (Å²) in [6, 6.07) is 19.8. The van der Waals surface area contributed by atoms with Crippen molar-refractivity contribution in [2.24, 2.45) is 5.10 Å². The zero-order chi connectivity index (χ0) is 14.7. The van der Waals surface area contributed by atoms with Crippen LogP contribution in [-0.2, 0) is 10.5 Å². The minimum absolute atomic E-state index is 0.431. The van der Waals surface area contributed by atoms with E-state index in [9.17, 15) is 0 Å². The maximum Gasteiger partial charge on any atom is 0.212 e. The Hall–Kier alpha value is -2.24. The number of methoxy groups -OCH3 is 1. The van der Waals surface area contributed by atoms with Gasteiger partial charge in [0.15, 0.2) is 5.11 Å². The number of thiocarbonyl (C=S) groups is 1. The molecule has 1 aliphatic heterocycles. The summed E-state index contributed by atoms with van der Waals surface area (Å²) in [7, 11) is 1.65. The van der Waals surface area contributed by atoms with E-state index in [1.54, 1.807) is 7.11 Å². The number of hydrogen-bond acceptors (Lipinski definition) is 3. The second-order valence-corrected chi connectivity index (χ2v) is 5.05. The Morgan fingerprint density at radius 2 is 1.62 bits per heavy atom. The molecule has 106 valence electrons. The molecule has 1 atom stereocenters. The average Bonchev–Trinajstić information content (AvgIpc) is 2.56. The maximum atomic E-state index is 5.83. The van der Waals surface area contributed by atoms with Crippen molar-refractivity contribution in [2.45, 2.75) is 5.72 Å². The largest absolute Gasteiger partial charge is 0.349 e. The Balaban J connectivity index is 2.18. The quantitative estimate of drug-likeness (QED) is 0.854. The van der Waals surface area contributed by atoms with E-state index >= 15 is 0 Å². The van der Waals surface area contributed by atoms with Crippen molar-refractivity contribution >= 4 is 23.0 Å². The Labute approximate surface area is 128 Å². The van der Waals surface area contributed by atoms with Crippen LogP contribution in [0.25, 0.3) is 0 Å². The van der Waals surface area contributed by atoms with Crippen molar-refractivity contribution in [3.05, 3.63) is 71.8 Å². The molecule has 0 aliphatic carbocycles. The highest BCUT2D eigenvalue weighted by Crippen LogP contribution is 2.29. The summed E-state index contributed by atoms with van der Waals surface area (Å²) >= 11 is 5.21. The molecular formula is C16H15N3OS. The topological polar surface area (TPSA) is 45.6 Å². The molecule has 2 aromatic rings. The summed E-state index contributed by atoms with van der Waals surface area (Å²) in [5.74, 6) is 0. The van der Waals surface area contributed by atoms with E-state index in [2.05, 4.69) is 15.8 Å². The van der Waals surface area contributed by atoms with E-state index < -0.39 is 5.72 Å². The molecule has 0 saturated heterocycles. The molecule has 0 radical (unpaired) electrons. The van der Waals surface area contributed by atoms with E-state index in [1.165, 1.54) is 0 Å². The van der Waals surface area contributed by atoms with Gasteiger partial charge >= 0.3 is 0 Å². The fraction of sp³-hybridized carbons (Fsp3) is 0.125. The van der Waals surface area contributed by atoms with Crippen LogP contribution >= 0.6 is 12.2 Å². The zero-order valence-corrected chi connectivity index (χ0v) is 12.4. The first kappa shape index (κ1) is 13.7. The highest BCUT2D eigenvalue weighted by molar-refractivity contribution is 7.80. The molecule has 0 fully saturated rings. The van der Waals surface area contributed by atoms with Gasteiger partial charge in [-0.25, -0.2) is 0 Å². The predicted molar refractivity (Wildman–Crippen MR) is 87.0 cm³/mol. The molecule has 2 aromatic carbocycles. The van der Waals surface area contributed by atoms with Gasteiger partial charge in [0, 0.05) is 18.2 Å². The summed E-state index contributed by atoms with van der Waals surface area (Å²) in [4.78, 5) is 0. The molecule has 0 bridgehead atoms. The van der Waals surface area contributed by atoms with Crippen LogP contribution in [0, 0.1) is 0 Å². The van der Waals surface area contributed by atoms with Gasteiger partial charge in [0.25, 0.3) is 0 Å². The second-order valence-electron chi connectivity index (χ2n) is 4.64. The lowest BCUT2D eigenvalue weighted by Crippen LogP contribution is -2.59. The van der Waals surface area contributed by atoms with Gasteiger partial charge < -0.3 is 10.1 Å². The molecule has 0 saturated carbocycles. The van der Waals surface area contributed by atoms with Gasteiger partial charge in [-0.3, -0.25) is 5.43 Å². The van der Waals surface area contributed by atoms with E-state index in [1.807, 2.05) is 60.7 Å². The SMILES string of the molecule is CO[C@@]1(c2ccccc2)NC(=S)NN=C1c1ccccc1. The van der Waals surface area contributed by atoms with Crippen molar-refractivity contribution in [2.75, 3.05) is 7.11 Å². The van der Waals surface area contributed by atoms with Crippen molar-refractivity contribution in [3.8, 4) is 0 Å². The lowest BCUT2D eigenvalue weighted by molar-refractivity contribution is 0.0318. The molecule has 1 aliphatic rings. The van der Waals surface area contributed by atoms with Crippen LogP contribution in [0.5, 0.6) is 0 Å². The Bertz CT molecular complexity index is 672. The van der Waals surface area contributed by atoms with E-state index in [0.717, 1.165) is 16.8 Å².